The first kappa shape index (κ1) is 13.5. The molecule has 1 fully saturated rings. The summed E-state index contributed by atoms with van der Waals surface area (Å²) in [6.45, 7) is 4.83. The highest BCUT2D eigenvalue weighted by Gasteiger charge is 2.11. The molecular weight excluding hydrogens is 227 g/mol. The van der Waals surface area contributed by atoms with Crippen molar-refractivity contribution in [2.45, 2.75) is 45.2 Å². The SMILES string of the molecule is Cc1cc(CNCCC2CCCCN2)ccc1F. The largest absolute Gasteiger partial charge is 0.314 e. The molecule has 0 aromatic heterocycles. The van der Waals surface area contributed by atoms with Gasteiger partial charge >= 0.3 is 0 Å². The Morgan fingerprint density at radius 3 is 3.00 bits per heavy atom. The molecule has 1 saturated heterocycles. The Morgan fingerprint density at radius 1 is 1.39 bits per heavy atom. The van der Waals surface area contributed by atoms with Crippen molar-refractivity contribution < 1.29 is 4.39 Å². The topological polar surface area (TPSA) is 24.1 Å². The average molecular weight is 250 g/mol. The van der Waals surface area contributed by atoms with Crippen LogP contribution in [0.3, 0.4) is 0 Å². The summed E-state index contributed by atoms with van der Waals surface area (Å²) in [5.74, 6) is -0.120. The molecule has 2 rings (SSSR count). The number of benzene rings is 1. The first-order chi connectivity index (χ1) is 8.75. The van der Waals surface area contributed by atoms with Crippen LogP contribution in [0.15, 0.2) is 18.2 Å². The molecule has 2 nitrogen and oxygen atoms in total. The quantitative estimate of drug-likeness (QED) is 0.785. The van der Waals surface area contributed by atoms with Crippen molar-refractivity contribution in [1.29, 1.82) is 0 Å². The third-order valence-corrected chi connectivity index (χ3v) is 3.63. The zero-order valence-corrected chi connectivity index (χ0v) is 11.1. The first-order valence-electron chi connectivity index (χ1n) is 6.95. The van der Waals surface area contributed by atoms with Gasteiger partial charge in [0.15, 0.2) is 0 Å². The summed E-state index contributed by atoms with van der Waals surface area (Å²) in [5, 5.41) is 6.98. The summed E-state index contributed by atoms with van der Waals surface area (Å²) in [6, 6.07) is 6.01. The third-order valence-electron chi connectivity index (χ3n) is 3.63. The number of hydrogen-bond donors (Lipinski definition) is 2. The Kier molecular flexibility index (Phi) is 5.14. The van der Waals surface area contributed by atoms with Gasteiger partial charge in [0.2, 0.25) is 0 Å². The van der Waals surface area contributed by atoms with E-state index in [9.17, 15) is 4.39 Å². The molecule has 0 saturated carbocycles. The van der Waals surface area contributed by atoms with Crippen LogP contribution in [0, 0.1) is 12.7 Å². The Bertz CT molecular complexity index is 373. The van der Waals surface area contributed by atoms with Gasteiger partial charge < -0.3 is 10.6 Å². The molecule has 1 aromatic rings. The standard InChI is InChI=1S/C15H23FN2/c1-12-10-13(5-6-15(12)16)11-17-9-7-14-4-2-3-8-18-14/h5-6,10,14,17-18H,2-4,7-9,11H2,1H3. The van der Waals surface area contributed by atoms with Gasteiger partial charge in [0.05, 0.1) is 0 Å². The lowest BCUT2D eigenvalue weighted by atomic mass is 10.0. The number of piperidine rings is 1. The predicted molar refractivity (Wildman–Crippen MR) is 73.1 cm³/mol. The van der Waals surface area contributed by atoms with Gasteiger partial charge in [-0.05, 0) is 56.5 Å². The molecule has 0 radical (unpaired) electrons. The van der Waals surface area contributed by atoms with Crippen molar-refractivity contribution >= 4 is 0 Å². The maximum absolute atomic E-state index is 13.1. The van der Waals surface area contributed by atoms with Crippen molar-refractivity contribution in [3.8, 4) is 0 Å². The van der Waals surface area contributed by atoms with Gasteiger partial charge in [0.25, 0.3) is 0 Å². The van der Waals surface area contributed by atoms with E-state index in [1.54, 1.807) is 6.07 Å². The van der Waals surface area contributed by atoms with E-state index in [0.717, 1.165) is 24.2 Å². The number of rotatable bonds is 5. The maximum atomic E-state index is 13.1. The molecule has 0 aliphatic carbocycles. The molecule has 0 amide bonds. The third kappa shape index (κ3) is 4.07. The van der Waals surface area contributed by atoms with Crippen LogP contribution < -0.4 is 10.6 Å². The molecule has 0 spiro atoms. The normalized spacial score (nSPS) is 20.0. The number of hydrogen-bond acceptors (Lipinski definition) is 2. The molecule has 18 heavy (non-hydrogen) atoms. The van der Waals surface area contributed by atoms with Gasteiger partial charge in [0, 0.05) is 12.6 Å². The fourth-order valence-electron chi connectivity index (χ4n) is 2.50. The minimum atomic E-state index is -0.120. The monoisotopic (exact) mass is 250 g/mol. The molecule has 3 heteroatoms. The molecule has 100 valence electrons. The van der Waals surface area contributed by atoms with Crippen LogP contribution in [-0.2, 0) is 6.54 Å². The van der Waals surface area contributed by atoms with Crippen LogP contribution in [0.1, 0.15) is 36.8 Å². The van der Waals surface area contributed by atoms with Crippen molar-refractivity contribution in [1.82, 2.24) is 10.6 Å². The van der Waals surface area contributed by atoms with Crippen molar-refractivity contribution in [3.63, 3.8) is 0 Å². The Morgan fingerprint density at radius 2 is 2.28 bits per heavy atom. The zero-order valence-electron chi connectivity index (χ0n) is 11.1. The second-order valence-electron chi connectivity index (χ2n) is 5.20. The lowest BCUT2D eigenvalue weighted by molar-refractivity contribution is 0.376. The van der Waals surface area contributed by atoms with Crippen molar-refractivity contribution in [2.75, 3.05) is 13.1 Å². The molecule has 1 aliphatic heterocycles. The lowest BCUT2D eigenvalue weighted by Crippen LogP contribution is -2.36. The van der Waals surface area contributed by atoms with Gasteiger partial charge in [0.1, 0.15) is 5.82 Å². The second-order valence-corrected chi connectivity index (χ2v) is 5.20. The number of halogens is 1. The lowest BCUT2D eigenvalue weighted by Gasteiger charge is -2.23. The Balaban J connectivity index is 1.66. The Labute approximate surface area is 109 Å². The summed E-state index contributed by atoms with van der Waals surface area (Å²) in [5.41, 5.74) is 1.88. The van der Waals surface area contributed by atoms with E-state index in [0.29, 0.717) is 6.04 Å². The first-order valence-corrected chi connectivity index (χ1v) is 6.95. The van der Waals surface area contributed by atoms with E-state index in [2.05, 4.69) is 10.6 Å². The van der Waals surface area contributed by atoms with Crippen molar-refractivity contribution in [2.24, 2.45) is 0 Å². The Hall–Kier alpha value is -0.930. The van der Waals surface area contributed by atoms with E-state index < -0.39 is 0 Å². The summed E-state index contributed by atoms with van der Waals surface area (Å²) in [4.78, 5) is 0. The average Bonchev–Trinajstić information content (AvgIpc) is 2.40. The van der Waals surface area contributed by atoms with Gasteiger partial charge in [-0.1, -0.05) is 18.6 Å². The molecule has 1 atom stereocenters. The molecule has 1 heterocycles. The van der Waals surface area contributed by atoms with E-state index in [-0.39, 0.29) is 5.82 Å². The number of aryl methyl sites for hydroxylation is 1. The van der Waals surface area contributed by atoms with Crippen LogP contribution in [-0.4, -0.2) is 19.1 Å². The van der Waals surface area contributed by atoms with Gasteiger partial charge in [-0.2, -0.15) is 0 Å². The van der Waals surface area contributed by atoms with Crippen LogP contribution >= 0.6 is 0 Å². The molecule has 0 bridgehead atoms. The summed E-state index contributed by atoms with van der Waals surface area (Å²) < 4.78 is 13.1. The van der Waals surface area contributed by atoms with E-state index in [1.807, 2.05) is 19.1 Å². The molecule has 1 aromatic carbocycles. The zero-order chi connectivity index (χ0) is 12.8. The molecule has 2 N–H and O–H groups in total. The van der Waals surface area contributed by atoms with E-state index in [4.69, 9.17) is 0 Å². The van der Waals surface area contributed by atoms with Gasteiger partial charge in [-0.15, -0.1) is 0 Å². The minimum Gasteiger partial charge on any atom is -0.314 e. The fourth-order valence-corrected chi connectivity index (χ4v) is 2.50. The van der Waals surface area contributed by atoms with Crippen molar-refractivity contribution in [3.05, 3.63) is 35.1 Å². The second kappa shape index (κ2) is 6.86. The van der Waals surface area contributed by atoms with Gasteiger partial charge in [-0.3, -0.25) is 0 Å². The highest BCUT2D eigenvalue weighted by atomic mass is 19.1. The molecule has 1 unspecified atom stereocenters. The van der Waals surface area contributed by atoms with Gasteiger partial charge in [-0.25, -0.2) is 4.39 Å². The summed E-state index contributed by atoms with van der Waals surface area (Å²) in [6.07, 6.45) is 5.16. The molecule has 1 aliphatic rings. The predicted octanol–water partition coefficient (Wildman–Crippen LogP) is 2.76. The highest BCUT2D eigenvalue weighted by molar-refractivity contribution is 5.23. The van der Waals surface area contributed by atoms with E-state index in [1.165, 1.54) is 32.2 Å². The smallest absolute Gasteiger partial charge is 0.126 e. The van der Waals surface area contributed by atoms with Crippen LogP contribution in [0.25, 0.3) is 0 Å². The summed E-state index contributed by atoms with van der Waals surface area (Å²) in [7, 11) is 0. The minimum absolute atomic E-state index is 0.120. The van der Waals surface area contributed by atoms with Crippen LogP contribution in [0.5, 0.6) is 0 Å². The van der Waals surface area contributed by atoms with Crippen LogP contribution in [0.4, 0.5) is 4.39 Å². The number of nitrogens with one attached hydrogen (secondary N) is 2. The fraction of sp³-hybridized carbons (Fsp3) is 0.600. The molecular formula is C15H23FN2. The summed E-state index contributed by atoms with van der Waals surface area (Å²) >= 11 is 0. The maximum Gasteiger partial charge on any atom is 0.126 e. The van der Waals surface area contributed by atoms with Crippen LogP contribution in [0.2, 0.25) is 0 Å². The highest BCUT2D eigenvalue weighted by Crippen LogP contribution is 2.10. The van der Waals surface area contributed by atoms with E-state index >= 15 is 0 Å².